The van der Waals surface area contributed by atoms with Gasteiger partial charge in [0.15, 0.2) is 0 Å². The molecule has 0 spiro atoms. The predicted octanol–water partition coefficient (Wildman–Crippen LogP) is 2.68. The van der Waals surface area contributed by atoms with Gasteiger partial charge in [-0.2, -0.15) is 0 Å². The molecule has 4 heteroatoms. The summed E-state index contributed by atoms with van der Waals surface area (Å²) >= 11 is 1.75. The van der Waals surface area contributed by atoms with Crippen molar-refractivity contribution >= 4 is 11.3 Å². The number of aryl methyl sites for hydroxylation is 1. The zero-order valence-electron chi connectivity index (χ0n) is 11.8. The van der Waals surface area contributed by atoms with Gasteiger partial charge >= 0.3 is 0 Å². The molecule has 19 heavy (non-hydrogen) atoms. The Kier molecular flexibility index (Phi) is 4.69. The van der Waals surface area contributed by atoms with Crippen molar-refractivity contribution in [2.24, 2.45) is 5.73 Å². The van der Waals surface area contributed by atoms with Gasteiger partial charge in [-0.05, 0) is 33.1 Å². The highest BCUT2D eigenvalue weighted by Crippen LogP contribution is 2.27. The fraction of sp³-hybridized carbons (Fsp3) is 0.400. The quantitative estimate of drug-likeness (QED) is 0.912. The molecule has 0 aliphatic rings. The second kappa shape index (κ2) is 6.28. The number of rotatable bonds is 5. The third kappa shape index (κ3) is 3.62. The Labute approximate surface area is 119 Å². The Morgan fingerprint density at radius 1 is 1.21 bits per heavy atom. The van der Waals surface area contributed by atoms with Crippen molar-refractivity contribution in [2.75, 3.05) is 20.6 Å². The molecule has 0 radical (unpaired) electrons. The molecule has 0 amide bonds. The first kappa shape index (κ1) is 14.2. The Morgan fingerprint density at radius 3 is 2.47 bits per heavy atom. The second-order valence-corrected chi connectivity index (χ2v) is 6.27. The van der Waals surface area contributed by atoms with E-state index in [1.807, 2.05) is 0 Å². The Hall–Kier alpha value is -1.23. The average Bonchev–Trinajstić information content (AvgIpc) is 2.71. The number of aromatic nitrogens is 1. The topological polar surface area (TPSA) is 42.1 Å². The first-order valence-corrected chi connectivity index (χ1v) is 7.32. The van der Waals surface area contributed by atoms with Crippen molar-refractivity contribution in [1.29, 1.82) is 0 Å². The molecule has 0 saturated heterocycles. The Morgan fingerprint density at radius 2 is 1.89 bits per heavy atom. The van der Waals surface area contributed by atoms with Crippen LogP contribution in [0, 0.1) is 6.92 Å². The number of hydrogen-bond acceptors (Lipinski definition) is 4. The molecule has 102 valence electrons. The lowest BCUT2D eigenvalue weighted by atomic mass is 10.1. The van der Waals surface area contributed by atoms with Crippen LogP contribution < -0.4 is 5.73 Å². The summed E-state index contributed by atoms with van der Waals surface area (Å²) in [5.41, 5.74) is 9.21. The van der Waals surface area contributed by atoms with Gasteiger partial charge in [0.05, 0.1) is 10.7 Å². The molecule has 0 atom stereocenters. The van der Waals surface area contributed by atoms with E-state index in [9.17, 15) is 0 Å². The summed E-state index contributed by atoms with van der Waals surface area (Å²) in [4.78, 5) is 8.12. The molecule has 2 N–H and O–H groups in total. The number of hydrogen-bond donors (Lipinski definition) is 1. The Balaban J connectivity index is 2.21. The van der Waals surface area contributed by atoms with E-state index in [0.29, 0.717) is 6.54 Å². The van der Waals surface area contributed by atoms with Crippen molar-refractivity contribution in [3.63, 3.8) is 0 Å². The average molecular weight is 275 g/mol. The molecular formula is C15H21N3S. The molecule has 2 rings (SSSR count). The number of nitrogens with two attached hydrogens (primary N) is 1. The molecule has 1 aromatic carbocycles. The standard InChI is InChI=1S/C15H21N3S/c1-11-15(17-14(19-11)8-9-16)13-6-4-12(5-7-13)10-18(2)3/h4-7H,8-10,16H2,1-3H3. The predicted molar refractivity (Wildman–Crippen MR) is 82.4 cm³/mol. The smallest absolute Gasteiger partial charge is 0.0947 e. The molecule has 2 aromatic rings. The number of benzene rings is 1. The zero-order chi connectivity index (χ0) is 13.8. The van der Waals surface area contributed by atoms with Crippen LogP contribution in [-0.4, -0.2) is 30.5 Å². The van der Waals surface area contributed by atoms with E-state index < -0.39 is 0 Å². The summed E-state index contributed by atoms with van der Waals surface area (Å²) in [6, 6.07) is 8.67. The van der Waals surface area contributed by atoms with Gasteiger partial charge in [-0.3, -0.25) is 0 Å². The minimum Gasteiger partial charge on any atom is -0.330 e. The summed E-state index contributed by atoms with van der Waals surface area (Å²) < 4.78 is 0. The van der Waals surface area contributed by atoms with Gasteiger partial charge < -0.3 is 10.6 Å². The van der Waals surface area contributed by atoms with E-state index in [1.165, 1.54) is 16.0 Å². The van der Waals surface area contributed by atoms with Gasteiger partial charge in [0.2, 0.25) is 0 Å². The van der Waals surface area contributed by atoms with E-state index in [2.05, 4.69) is 55.2 Å². The molecule has 0 fully saturated rings. The van der Waals surface area contributed by atoms with Gasteiger partial charge in [0.25, 0.3) is 0 Å². The summed E-state index contributed by atoms with van der Waals surface area (Å²) in [6.45, 7) is 3.75. The summed E-state index contributed by atoms with van der Waals surface area (Å²) in [5, 5.41) is 1.13. The largest absolute Gasteiger partial charge is 0.330 e. The summed E-state index contributed by atoms with van der Waals surface area (Å²) in [7, 11) is 4.16. The molecular weight excluding hydrogens is 254 g/mol. The lowest BCUT2D eigenvalue weighted by Gasteiger charge is -2.09. The van der Waals surface area contributed by atoms with Crippen LogP contribution in [0.1, 0.15) is 15.4 Å². The van der Waals surface area contributed by atoms with Crippen molar-refractivity contribution in [1.82, 2.24) is 9.88 Å². The van der Waals surface area contributed by atoms with Crippen molar-refractivity contribution in [3.05, 3.63) is 39.7 Å². The lowest BCUT2D eigenvalue weighted by molar-refractivity contribution is 0.402. The van der Waals surface area contributed by atoms with Crippen molar-refractivity contribution in [3.8, 4) is 11.3 Å². The van der Waals surface area contributed by atoms with E-state index in [-0.39, 0.29) is 0 Å². The fourth-order valence-corrected chi connectivity index (χ4v) is 3.05. The maximum absolute atomic E-state index is 5.59. The van der Waals surface area contributed by atoms with E-state index in [4.69, 9.17) is 5.73 Å². The van der Waals surface area contributed by atoms with Crippen LogP contribution in [0.3, 0.4) is 0 Å². The third-order valence-corrected chi connectivity index (χ3v) is 3.96. The highest BCUT2D eigenvalue weighted by molar-refractivity contribution is 7.12. The van der Waals surface area contributed by atoms with Crippen molar-refractivity contribution in [2.45, 2.75) is 19.9 Å². The van der Waals surface area contributed by atoms with E-state index in [0.717, 1.165) is 23.7 Å². The van der Waals surface area contributed by atoms with Gasteiger partial charge in [-0.1, -0.05) is 24.3 Å². The minimum atomic E-state index is 0.661. The van der Waals surface area contributed by atoms with Crippen LogP contribution in [0.2, 0.25) is 0 Å². The third-order valence-electron chi connectivity index (χ3n) is 2.93. The van der Waals surface area contributed by atoms with Crippen LogP contribution in [0.5, 0.6) is 0 Å². The highest BCUT2D eigenvalue weighted by atomic mass is 32.1. The van der Waals surface area contributed by atoms with Gasteiger partial charge in [-0.25, -0.2) is 4.98 Å². The van der Waals surface area contributed by atoms with Gasteiger partial charge in [0.1, 0.15) is 0 Å². The highest BCUT2D eigenvalue weighted by Gasteiger charge is 2.09. The van der Waals surface area contributed by atoms with Gasteiger partial charge in [-0.15, -0.1) is 11.3 Å². The summed E-state index contributed by atoms with van der Waals surface area (Å²) in [5.74, 6) is 0. The SMILES string of the molecule is Cc1sc(CCN)nc1-c1ccc(CN(C)C)cc1. The van der Waals surface area contributed by atoms with E-state index >= 15 is 0 Å². The molecule has 3 nitrogen and oxygen atoms in total. The van der Waals surface area contributed by atoms with E-state index in [1.54, 1.807) is 11.3 Å². The molecule has 0 aliphatic heterocycles. The molecule has 1 heterocycles. The number of thiazole rings is 1. The maximum atomic E-state index is 5.59. The Bertz CT molecular complexity index is 529. The van der Waals surface area contributed by atoms with Crippen molar-refractivity contribution < 1.29 is 0 Å². The fourth-order valence-electron chi connectivity index (χ4n) is 2.08. The first-order chi connectivity index (χ1) is 9.10. The van der Waals surface area contributed by atoms with Gasteiger partial charge in [0, 0.05) is 23.4 Å². The van der Waals surface area contributed by atoms with Crippen LogP contribution in [0.15, 0.2) is 24.3 Å². The van der Waals surface area contributed by atoms with Crippen LogP contribution in [-0.2, 0) is 13.0 Å². The van der Waals surface area contributed by atoms with Crippen LogP contribution in [0.25, 0.3) is 11.3 Å². The molecule has 1 aromatic heterocycles. The van der Waals surface area contributed by atoms with Crippen LogP contribution in [0.4, 0.5) is 0 Å². The number of nitrogens with zero attached hydrogens (tertiary/aromatic N) is 2. The monoisotopic (exact) mass is 275 g/mol. The zero-order valence-corrected chi connectivity index (χ0v) is 12.6. The second-order valence-electron chi connectivity index (χ2n) is 4.99. The minimum absolute atomic E-state index is 0.661. The van der Waals surface area contributed by atoms with Crippen LogP contribution >= 0.6 is 11.3 Å². The lowest BCUT2D eigenvalue weighted by Crippen LogP contribution is -2.10. The molecule has 0 bridgehead atoms. The molecule has 0 aliphatic carbocycles. The molecule has 0 unspecified atom stereocenters. The maximum Gasteiger partial charge on any atom is 0.0947 e. The summed E-state index contributed by atoms with van der Waals surface area (Å²) in [6.07, 6.45) is 0.865. The normalized spacial score (nSPS) is 11.2. The molecule has 0 saturated carbocycles. The first-order valence-electron chi connectivity index (χ1n) is 6.50.